The van der Waals surface area contributed by atoms with Crippen molar-refractivity contribution in [2.24, 2.45) is 0 Å². The third-order valence-electron chi connectivity index (χ3n) is 6.88. The molecule has 32 heavy (non-hydrogen) atoms. The minimum absolute atomic E-state index is 0.353. The highest BCUT2D eigenvalue weighted by Crippen LogP contribution is 2.34. The lowest BCUT2D eigenvalue weighted by Crippen LogP contribution is -2.33. The molecule has 2 aromatic carbocycles. The number of piperidine rings is 1. The smallest absolute Gasteiger partial charge is 0.335 e. The molecular weight excluding hydrogens is 402 g/mol. The first kappa shape index (κ1) is 20.6. The molecule has 6 nitrogen and oxygen atoms in total. The number of benzene rings is 2. The summed E-state index contributed by atoms with van der Waals surface area (Å²) in [7, 11) is 1.69. The van der Waals surface area contributed by atoms with Crippen LogP contribution in [-0.4, -0.2) is 52.7 Å². The Hall–Kier alpha value is -3.25. The Morgan fingerprint density at radius 1 is 1.06 bits per heavy atom. The Morgan fingerprint density at radius 3 is 2.66 bits per heavy atom. The lowest BCUT2D eigenvalue weighted by atomic mass is 9.88. The van der Waals surface area contributed by atoms with E-state index >= 15 is 0 Å². The van der Waals surface area contributed by atoms with Crippen LogP contribution in [0.1, 0.15) is 46.7 Å². The van der Waals surface area contributed by atoms with Gasteiger partial charge in [0.1, 0.15) is 5.75 Å². The average molecular weight is 432 g/mol. The maximum atomic E-state index is 11.4. The molecule has 166 valence electrons. The van der Waals surface area contributed by atoms with Crippen LogP contribution in [0.5, 0.6) is 5.75 Å². The zero-order chi connectivity index (χ0) is 22.1. The van der Waals surface area contributed by atoms with Crippen molar-refractivity contribution in [1.29, 1.82) is 0 Å². The lowest BCUT2D eigenvalue weighted by molar-refractivity contribution is 0.0697. The molecule has 0 atom stereocenters. The van der Waals surface area contributed by atoms with Crippen LogP contribution >= 0.6 is 0 Å². The van der Waals surface area contributed by atoms with Crippen LogP contribution in [0.25, 0.3) is 21.8 Å². The molecule has 2 aromatic heterocycles. The summed E-state index contributed by atoms with van der Waals surface area (Å²) in [5.41, 5.74) is 5.13. The number of fused-ring (bicyclic) bond motifs is 2. The van der Waals surface area contributed by atoms with E-state index in [1.165, 1.54) is 16.5 Å². The van der Waals surface area contributed by atoms with Crippen molar-refractivity contribution in [3.8, 4) is 5.75 Å². The minimum Gasteiger partial charge on any atom is -0.497 e. The number of rotatable bonds is 7. The van der Waals surface area contributed by atoms with Crippen molar-refractivity contribution < 1.29 is 14.6 Å². The number of ether oxygens (including phenoxy) is 1. The molecule has 0 spiro atoms. The summed E-state index contributed by atoms with van der Waals surface area (Å²) in [6.45, 7) is 3.27. The second-order valence-electron chi connectivity index (χ2n) is 8.75. The summed E-state index contributed by atoms with van der Waals surface area (Å²) < 4.78 is 5.31. The topological polar surface area (TPSA) is 81.3 Å². The fourth-order valence-electron chi connectivity index (χ4n) is 5.07. The lowest BCUT2D eigenvalue weighted by Gasteiger charge is -2.32. The summed E-state index contributed by atoms with van der Waals surface area (Å²) in [5.74, 6) is 0.485. The third kappa shape index (κ3) is 3.98. The highest BCUT2D eigenvalue weighted by molar-refractivity contribution is 5.94. The summed E-state index contributed by atoms with van der Waals surface area (Å²) >= 11 is 0. The number of carboxylic acids is 1. The fraction of sp³-hybridized carbons (Fsp3) is 0.346. The molecule has 1 aliphatic heterocycles. The van der Waals surface area contributed by atoms with E-state index in [1.807, 2.05) is 24.3 Å². The standard InChI is InChI=1S/C26H29N3O3/c1-32-20-5-6-21-19(15-27-25(21)14-20)3-2-10-29-11-8-17(9-12-29)23-16-28-24-7-4-18(26(30)31)13-22(23)24/h4-7,13-17,27-28H,2-3,8-12H2,1H3,(H,30,31). The molecule has 1 fully saturated rings. The highest BCUT2D eigenvalue weighted by atomic mass is 16.5. The number of likely N-dealkylation sites (tertiary alicyclic amines) is 1. The zero-order valence-corrected chi connectivity index (χ0v) is 18.4. The number of nitrogens with one attached hydrogen (secondary N) is 2. The van der Waals surface area contributed by atoms with Crippen molar-refractivity contribution in [1.82, 2.24) is 14.9 Å². The molecule has 0 amide bonds. The highest BCUT2D eigenvalue weighted by Gasteiger charge is 2.23. The first-order chi connectivity index (χ1) is 15.6. The molecule has 1 aliphatic rings. The fourth-order valence-corrected chi connectivity index (χ4v) is 5.07. The van der Waals surface area contributed by atoms with Crippen LogP contribution in [0.3, 0.4) is 0 Å². The number of hydrogen-bond acceptors (Lipinski definition) is 3. The SMILES string of the molecule is COc1ccc2c(CCCN3CCC(c4c[nH]c5ccc(C(=O)O)cc45)CC3)c[nH]c2c1. The monoisotopic (exact) mass is 431 g/mol. The first-order valence-corrected chi connectivity index (χ1v) is 11.3. The first-order valence-electron chi connectivity index (χ1n) is 11.3. The summed E-state index contributed by atoms with van der Waals surface area (Å²) in [6, 6.07) is 11.6. The molecule has 0 unspecified atom stereocenters. The molecule has 1 saturated heterocycles. The molecule has 3 heterocycles. The summed E-state index contributed by atoms with van der Waals surface area (Å²) in [5, 5.41) is 11.7. The van der Waals surface area contributed by atoms with E-state index in [0.29, 0.717) is 11.5 Å². The van der Waals surface area contributed by atoms with E-state index < -0.39 is 5.97 Å². The zero-order valence-electron chi connectivity index (χ0n) is 18.4. The second-order valence-corrected chi connectivity index (χ2v) is 8.75. The number of aromatic carboxylic acids is 1. The van der Waals surface area contributed by atoms with Gasteiger partial charge >= 0.3 is 5.97 Å². The Kier molecular flexibility index (Phi) is 5.62. The minimum atomic E-state index is -0.872. The van der Waals surface area contributed by atoms with Gasteiger partial charge in [-0.3, -0.25) is 0 Å². The van der Waals surface area contributed by atoms with Crippen LogP contribution in [0, 0.1) is 0 Å². The maximum Gasteiger partial charge on any atom is 0.335 e. The molecule has 0 bridgehead atoms. The van der Waals surface area contributed by atoms with E-state index in [1.54, 1.807) is 13.2 Å². The van der Waals surface area contributed by atoms with Crippen LogP contribution in [-0.2, 0) is 6.42 Å². The summed E-state index contributed by atoms with van der Waals surface area (Å²) in [6.07, 6.45) is 8.61. The predicted molar refractivity (Wildman–Crippen MR) is 127 cm³/mol. The number of nitrogens with zero attached hydrogens (tertiary/aromatic N) is 1. The third-order valence-corrected chi connectivity index (χ3v) is 6.88. The van der Waals surface area contributed by atoms with Crippen molar-refractivity contribution in [2.45, 2.75) is 31.6 Å². The van der Waals surface area contributed by atoms with Gasteiger partial charge in [0.25, 0.3) is 0 Å². The van der Waals surface area contributed by atoms with Gasteiger partial charge in [-0.15, -0.1) is 0 Å². The number of carboxylic acid groups (broad SMARTS) is 1. The Bertz CT molecular complexity index is 1250. The molecule has 5 rings (SSSR count). The van der Waals surface area contributed by atoms with E-state index in [4.69, 9.17) is 4.74 Å². The van der Waals surface area contributed by atoms with Crippen LogP contribution < -0.4 is 4.74 Å². The second kappa shape index (κ2) is 8.71. The van der Waals surface area contributed by atoms with Crippen molar-refractivity contribution in [3.05, 3.63) is 65.5 Å². The van der Waals surface area contributed by atoms with Gasteiger partial charge in [0.05, 0.1) is 12.7 Å². The van der Waals surface area contributed by atoms with Gasteiger partial charge in [-0.2, -0.15) is 0 Å². The van der Waals surface area contributed by atoms with Crippen molar-refractivity contribution in [2.75, 3.05) is 26.7 Å². The Morgan fingerprint density at radius 2 is 1.88 bits per heavy atom. The van der Waals surface area contributed by atoms with Crippen molar-refractivity contribution in [3.63, 3.8) is 0 Å². The van der Waals surface area contributed by atoms with Gasteiger partial charge in [0.15, 0.2) is 0 Å². The summed E-state index contributed by atoms with van der Waals surface area (Å²) in [4.78, 5) is 20.6. The Balaban J connectivity index is 1.17. The van der Waals surface area contributed by atoms with E-state index in [-0.39, 0.29) is 0 Å². The number of aromatic nitrogens is 2. The molecule has 6 heteroatoms. The van der Waals surface area contributed by atoms with Crippen LogP contribution in [0.15, 0.2) is 48.8 Å². The van der Waals surface area contributed by atoms with Crippen molar-refractivity contribution >= 4 is 27.8 Å². The Labute approximate surface area is 187 Å². The average Bonchev–Trinajstić information content (AvgIpc) is 3.43. The van der Waals surface area contributed by atoms with Gasteiger partial charge < -0.3 is 24.7 Å². The molecular formula is C26H29N3O3. The number of methoxy groups -OCH3 is 1. The number of H-pyrrole nitrogens is 2. The van der Waals surface area contributed by atoms with Gasteiger partial charge in [-0.05, 0) is 92.7 Å². The normalized spacial score (nSPS) is 15.5. The predicted octanol–water partition coefficient (Wildman–Crippen LogP) is 5.17. The van der Waals surface area contributed by atoms with Crippen LogP contribution in [0.4, 0.5) is 0 Å². The van der Waals surface area contributed by atoms with Gasteiger partial charge in [0, 0.05) is 40.3 Å². The number of hydrogen-bond donors (Lipinski definition) is 3. The quantitative estimate of drug-likeness (QED) is 0.377. The van der Waals surface area contributed by atoms with Gasteiger partial charge in [0.2, 0.25) is 0 Å². The molecule has 4 aromatic rings. The molecule has 0 radical (unpaired) electrons. The van der Waals surface area contributed by atoms with E-state index in [9.17, 15) is 9.90 Å². The molecule has 0 aliphatic carbocycles. The number of aromatic amines is 2. The van der Waals surface area contributed by atoms with Gasteiger partial charge in [-0.25, -0.2) is 4.79 Å². The molecule has 3 N–H and O–H groups in total. The molecule has 0 saturated carbocycles. The van der Waals surface area contributed by atoms with E-state index in [2.05, 4.69) is 33.3 Å². The number of carbonyl (C=O) groups is 1. The largest absolute Gasteiger partial charge is 0.497 e. The maximum absolute atomic E-state index is 11.4. The van der Waals surface area contributed by atoms with E-state index in [0.717, 1.165) is 67.5 Å². The number of aryl methyl sites for hydroxylation is 1. The van der Waals surface area contributed by atoms with Crippen LogP contribution in [0.2, 0.25) is 0 Å². The van der Waals surface area contributed by atoms with Gasteiger partial charge in [-0.1, -0.05) is 0 Å².